The highest BCUT2D eigenvalue weighted by molar-refractivity contribution is 7.86. The van der Waals surface area contributed by atoms with E-state index in [4.69, 9.17) is 17.3 Å². The molecule has 5 rings (SSSR count). The number of nitrogens with one attached hydrogen (secondary N) is 3. The number of rotatable bonds is 11. The third-order valence-corrected chi connectivity index (χ3v) is 10.2. The second kappa shape index (κ2) is 12.8. The minimum atomic E-state index is -4.93. The lowest BCUT2D eigenvalue weighted by Gasteiger charge is -2.28. The highest BCUT2D eigenvalue weighted by Gasteiger charge is 2.37. The molecular weight excluding hydrogens is 742 g/mol. The number of anilines is 5. The van der Waals surface area contributed by atoms with Crippen LogP contribution in [-0.2, 0) is 30.4 Å². The highest BCUT2D eigenvalue weighted by atomic mass is 35.5. The molecule has 1 heterocycles. The number of carbonyl (C=O) groups excluding carboxylic acids is 2. The van der Waals surface area contributed by atoms with Crippen LogP contribution in [0.2, 0.25) is 5.28 Å². The smallest absolute Gasteiger partial charge is 0.296 e. The quantitative estimate of drug-likeness (QED) is 0.0750. The molecule has 0 bridgehead atoms. The first-order valence-electron chi connectivity index (χ1n) is 13.9. The van der Waals surface area contributed by atoms with E-state index in [1.165, 1.54) is 18.2 Å². The average molecular weight is 768 g/mol. The molecule has 0 unspecified atom stereocenters. The summed E-state index contributed by atoms with van der Waals surface area (Å²) in [4.78, 5) is 36.6. The van der Waals surface area contributed by atoms with Gasteiger partial charge in [0.2, 0.25) is 17.2 Å². The standard InChI is InChI=1S/C28H26ClN7O11S3/c1-28(2,11-31-17-10-19(50(45,46)47)22(30)21-20(17)23(37)14-5-3-4-6-15(14)24(21)38)12-32-26-34-25(29)35-27(36-26)33-16-9-13(48(39,40)41)7-8-18(16)49(42,43)44/h3-10,31H,11-12,30H2,1-2H3,(H,39,40,41)(H,42,43,44)(H,45,46,47)(H2,32,33,34,35,36). The van der Waals surface area contributed by atoms with Gasteiger partial charge in [-0.15, -0.1) is 0 Å². The average Bonchev–Trinajstić information content (AvgIpc) is 3.00. The Morgan fingerprint density at radius 2 is 1.28 bits per heavy atom. The van der Waals surface area contributed by atoms with Crippen LogP contribution in [0.3, 0.4) is 0 Å². The van der Waals surface area contributed by atoms with Crippen LogP contribution in [0.25, 0.3) is 0 Å². The van der Waals surface area contributed by atoms with Gasteiger partial charge in [-0.05, 0) is 41.3 Å². The number of hydrogen-bond acceptors (Lipinski definition) is 15. The summed E-state index contributed by atoms with van der Waals surface area (Å²) >= 11 is 6.04. The van der Waals surface area contributed by atoms with Gasteiger partial charge in [0, 0.05) is 29.9 Å². The molecule has 0 aliphatic heterocycles. The molecule has 0 amide bonds. The van der Waals surface area contributed by atoms with E-state index in [0.29, 0.717) is 0 Å². The maximum absolute atomic E-state index is 13.6. The lowest BCUT2D eigenvalue weighted by molar-refractivity contribution is 0.0980. The number of nitrogens with two attached hydrogens (primary N) is 1. The van der Waals surface area contributed by atoms with Crippen molar-refractivity contribution in [3.05, 3.63) is 76.1 Å². The van der Waals surface area contributed by atoms with Crippen molar-refractivity contribution in [1.82, 2.24) is 15.0 Å². The van der Waals surface area contributed by atoms with Gasteiger partial charge in [-0.2, -0.15) is 40.2 Å². The maximum atomic E-state index is 13.6. The van der Waals surface area contributed by atoms with Crippen molar-refractivity contribution in [3.8, 4) is 0 Å². The first kappa shape index (κ1) is 36.5. The molecule has 0 spiro atoms. The molecular formula is C28H26ClN7O11S3. The van der Waals surface area contributed by atoms with E-state index in [1.54, 1.807) is 19.9 Å². The predicted octanol–water partition coefficient (Wildman–Crippen LogP) is 2.92. The van der Waals surface area contributed by atoms with Gasteiger partial charge < -0.3 is 21.7 Å². The second-order valence-electron chi connectivity index (χ2n) is 11.6. The third kappa shape index (κ3) is 7.52. The maximum Gasteiger partial charge on any atom is 0.296 e. The summed E-state index contributed by atoms with van der Waals surface area (Å²) in [6.45, 7) is 3.54. The van der Waals surface area contributed by atoms with Crippen LogP contribution in [0.1, 0.15) is 45.7 Å². The first-order chi connectivity index (χ1) is 23.1. The molecule has 50 heavy (non-hydrogen) atoms. The number of nitrogen functional groups attached to an aromatic ring is 1. The van der Waals surface area contributed by atoms with Crippen LogP contribution >= 0.6 is 11.6 Å². The summed E-state index contributed by atoms with van der Waals surface area (Å²) in [5, 5.41) is 7.91. The van der Waals surface area contributed by atoms with Gasteiger partial charge in [0.25, 0.3) is 30.4 Å². The van der Waals surface area contributed by atoms with E-state index >= 15 is 0 Å². The summed E-state index contributed by atoms with van der Waals surface area (Å²) in [6.07, 6.45) is 0. The van der Waals surface area contributed by atoms with Gasteiger partial charge in [0.1, 0.15) is 9.79 Å². The lowest BCUT2D eigenvalue weighted by Crippen LogP contribution is -2.32. The molecule has 8 N–H and O–H groups in total. The van der Waals surface area contributed by atoms with Crippen molar-refractivity contribution < 1.29 is 48.5 Å². The number of hydrogen-bond donors (Lipinski definition) is 7. The lowest BCUT2D eigenvalue weighted by atomic mass is 9.82. The van der Waals surface area contributed by atoms with Crippen LogP contribution < -0.4 is 21.7 Å². The normalized spacial score (nSPS) is 13.4. The van der Waals surface area contributed by atoms with Gasteiger partial charge in [-0.1, -0.05) is 38.1 Å². The molecule has 22 heteroatoms. The second-order valence-corrected chi connectivity index (χ2v) is 16.2. The van der Waals surface area contributed by atoms with Crippen molar-refractivity contribution in [2.75, 3.05) is 34.8 Å². The van der Waals surface area contributed by atoms with Gasteiger partial charge in [0.05, 0.1) is 27.4 Å². The molecule has 3 aromatic carbocycles. The van der Waals surface area contributed by atoms with E-state index in [-0.39, 0.29) is 47.0 Å². The summed E-state index contributed by atoms with van der Waals surface area (Å²) < 4.78 is 100. The van der Waals surface area contributed by atoms with Crippen molar-refractivity contribution >= 4 is 82.5 Å². The summed E-state index contributed by atoms with van der Waals surface area (Å²) in [5.74, 6) is -1.85. The fourth-order valence-corrected chi connectivity index (χ4v) is 6.90. The molecule has 1 aliphatic rings. The van der Waals surface area contributed by atoms with E-state index in [1.807, 2.05) is 0 Å². The molecule has 18 nitrogen and oxygen atoms in total. The molecule has 1 aromatic heterocycles. The van der Waals surface area contributed by atoms with Crippen molar-refractivity contribution in [2.24, 2.45) is 5.41 Å². The van der Waals surface area contributed by atoms with E-state index in [9.17, 15) is 48.5 Å². The van der Waals surface area contributed by atoms with Gasteiger partial charge >= 0.3 is 0 Å². The fraction of sp³-hybridized carbons (Fsp3) is 0.179. The number of carbonyl (C=O) groups is 2. The Kier molecular flexibility index (Phi) is 9.38. The predicted molar refractivity (Wildman–Crippen MR) is 179 cm³/mol. The number of fused-ring (bicyclic) bond motifs is 2. The Morgan fingerprint density at radius 3 is 1.86 bits per heavy atom. The topological polar surface area (TPSA) is 298 Å². The van der Waals surface area contributed by atoms with Crippen LogP contribution in [-0.4, -0.2) is 78.5 Å². The molecule has 1 aliphatic carbocycles. The van der Waals surface area contributed by atoms with Gasteiger partial charge in [-0.3, -0.25) is 23.2 Å². The van der Waals surface area contributed by atoms with Crippen molar-refractivity contribution in [1.29, 1.82) is 0 Å². The Bertz CT molecular complexity index is 2440. The monoisotopic (exact) mass is 767 g/mol. The minimum absolute atomic E-state index is 0.00839. The van der Waals surface area contributed by atoms with Crippen LogP contribution in [0.15, 0.2) is 63.2 Å². The van der Waals surface area contributed by atoms with Crippen LogP contribution in [0.4, 0.5) is 29.0 Å². The van der Waals surface area contributed by atoms with Gasteiger partial charge in [0.15, 0.2) is 11.6 Å². The third-order valence-electron chi connectivity index (χ3n) is 7.34. The number of halogens is 1. The highest BCUT2D eigenvalue weighted by Crippen LogP contribution is 2.39. The largest absolute Gasteiger partial charge is 0.397 e. The fourth-order valence-electron chi connectivity index (χ4n) is 4.96. The Balaban J connectivity index is 1.40. The molecule has 0 saturated carbocycles. The Hall–Kier alpha value is -4.77. The van der Waals surface area contributed by atoms with Gasteiger partial charge in [-0.25, -0.2) is 0 Å². The summed E-state index contributed by atoms with van der Waals surface area (Å²) in [5.41, 5.74) is 3.60. The zero-order valence-electron chi connectivity index (χ0n) is 25.7. The van der Waals surface area contributed by atoms with Crippen LogP contribution in [0.5, 0.6) is 0 Å². The first-order valence-corrected chi connectivity index (χ1v) is 18.6. The Morgan fingerprint density at radius 1 is 0.720 bits per heavy atom. The number of nitrogens with zero attached hydrogens (tertiary/aromatic N) is 3. The van der Waals surface area contributed by atoms with E-state index < -0.39 is 84.6 Å². The van der Waals surface area contributed by atoms with Crippen LogP contribution in [0, 0.1) is 5.41 Å². The number of benzene rings is 3. The minimum Gasteiger partial charge on any atom is -0.397 e. The molecule has 0 fully saturated rings. The number of aromatic nitrogens is 3. The van der Waals surface area contributed by atoms with E-state index in [2.05, 4.69) is 30.9 Å². The van der Waals surface area contributed by atoms with Crippen molar-refractivity contribution in [3.63, 3.8) is 0 Å². The SMILES string of the molecule is CC(C)(CNc1nc(Cl)nc(Nc2cc(S(=O)(=O)O)ccc2S(=O)(=O)O)n1)CNc1cc(S(=O)(=O)O)c(N)c2c1C(=O)c1ccccc1C2=O. The molecule has 264 valence electrons. The molecule has 0 atom stereocenters. The molecule has 0 saturated heterocycles. The number of ketones is 2. The van der Waals surface area contributed by atoms with E-state index in [0.717, 1.165) is 24.3 Å². The van der Waals surface area contributed by atoms with Crippen molar-refractivity contribution in [2.45, 2.75) is 28.5 Å². The Labute approximate surface area is 289 Å². The summed E-state index contributed by atoms with van der Waals surface area (Å²) in [7, 11) is -14.6. The zero-order chi connectivity index (χ0) is 37.0. The zero-order valence-corrected chi connectivity index (χ0v) is 28.9. The molecule has 0 radical (unpaired) electrons. The summed E-state index contributed by atoms with van der Waals surface area (Å²) in [6, 6.07) is 9.11. The molecule has 4 aromatic rings.